The highest BCUT2D eigenvalue weighted by molar-refractivity contribution is 5.95. The molecule has 0 saturated heterocycles. The molecular weight excluding hydrogens is 341 g/mol. The molecule has 0 bridgehead atoms. The average Bonchev–Trinajstić information content (AvgIpc) is 2.64. The van der Waals surface area contributed by atoms with Gasteiger partial charge in [0.25, 0.3) is 5.91 Å². The van der Waals surface area contributed by atoms with Crippen molar-refractivity contribution in [2.75, 3.05) is 25.6 Å². The average molecular weight is 359 g/mol. The number of rotatable bonds is 8. The molecule has 1 amide bonds. The van der Waals surface area contributed by atoms with E-state index in [0.29, 0.717) is 18.1 Å². The Morgan fingerprint density at radius 1 is 1.19 bits per heavy atom. The summed E-state index contributed by atoms with van der Waals surface area (Å²) in [5, 5.41) is 2.43. The van der Waals surface area contributed by atoms with E-state index in [9.17, 15) is 14.0 Å². The summed E-state index contributed by atoms with van der Waals surface area (Å²) in [6, 6.07) is 9.90. The number of methoxy groups -OCH3 is 1. The van der Waals surface area contributed by atoms with Crippen molar-refractivity contribution in [3.05, 3.63) is 66.5 Å². The van der Waals surface area contributed by atoms with Gasteiger partial charge in [-0.15, -0.1) is 0 Å². The van der Waals surface area contributed by atoms with Gasteiger partial charge in [-0.1, -0.05) is 18.7 Å². The van der Waals surface area contributed by atoms with Crippen LogP contribution >= 0.6 is 0 Å². The van der Waals surface area contributed by atoms with Crippen LogP contribution < -0.4 is 14.8 Å². The highest BCUT2D eigenvalue weighted by Crippen LogP contribution is 2.28. The van der Waals surface area contributed by atoms with Gasteiger partial charge in [0.2, 0.25) is 0 Å². The zero-order valence-electron chi connectivity index (χ0n) is 14.2. The van der Waals surface area contributed by atoms with Gasteiger partial charge in [0.15, 0.2) is 18.1 Å². The predicted octanol–water partition coefficient (Wildman–Crippen LogP) is 3.19. The SMILES string of the molecule is C=CCOc1ccc(C(=O)OCC(=O)Nc2cccc(F)c2)cc1OC. The summed E-state index contributed by atoms with van der Waals surface area (Å²) in [4.78, 5) is 23.9. The number of ether oxygens (including phenoxy) is 3. The van der Waals surface area contributed by atoms with Crippen molar-refractivity contribution in [3.8, 4) is 11.5 Å². The second kappa shape index (κ2) is 9.22. The highest BCUT2D eigenvalue weighted by atomic mass is 19.1. The van der Waals surface area contributed by atoms with E-state index >= 15 is 0 Å². The van der Waals surface area contributed by atoms with E-state index < -0.39 is 24.3 Å². The fraction of sp³-hybridized carbons (Fsp3) is 0.158. The summed E-state index contributed by atoms with van der Waals surface area (Å²) in [6.07, 6.45) is 1.58. The summed E-state index contributed by atoms with van der Waals surface area (Å²) < 4.78 is 28.6. The van der Waals surface area contributed by atoms with Crippen LogP contribution in [-0.2, 0) is 9.53 Å². The Morgan fingerprint density at radius 3 is 2.69 bits per heavy atom. The van der Waals surface area contributed by atoms with Crippen LogP contribution in [0.1, 0.15) is 10.4 Å². The maximum absolute atomic E-state index is 13.1. The van der Waals surface area contributed by atoms with Crippen molar-refractivity contribution < 1.29 is 28.2 Å². The zero-order chi connectivity index (χ0) is 18.9. The Kier molecular flexibility index (Phi) is 6.73. The van der Waals surface area contributed by atoms with Gasteiger partial charge in [-0.05, 0) is 36.4 Å². The molecule has 6 nitrogen and oxygen atoms in total. The number of anilines is 1. The second-order valence-corrected chi connectivity index (χ2v) is 5.10. The van der Waals surface area contributed by atoms with Crippen molar-refractivity contribution in [2.45, 2.75) is 0 Å². The number of carbonyl (C=O) groups excluding carboxylic acids is 2. The van der Waals surface area contributed by atoms with E-state index in [0.717, 1.165) is 6.07 Å². The van der Waals surface area contributed by atoms with Gasteiger partial charge >= 0.3 is 5.97 Å². The lowest BCUT2D eigenvalue weighted by molar-refractivity contribution is -0.119. The van der Waals surface area contributed by atoms with Crippen LogP contribution in [0.4, 0.5) is 10.1 Å². The smallest absolute Gasteiger partial charge is 0.338 e. The largest absolute Gasteiger partial charge is 0.493 e. The Balaban J connectivity index is 1.94. The number of esters is 1. The normalized spacial score (nSPS) is 9.92. The predicted molar refractivity (Wildman–Crippen MR) is 94.0 cm³/mol. The number of hydrogen-bond acceptors (Lipinski definition) is 5. The van der Waals surface area contributed by atoms with E-state index in [-0.39, 0.29) is 11.3 Å². The van der Waals surface area contributed by atoms with Crippen LogP contribution in [0.15, 0.2) is 55.1 Å². The lowest BCUT2D eigenvalue weighted by Crippen LogP contribution is -2.21. The number of halogens is 1. The van der Waals surface area contributed by atoms with Gasteiger partial charge < -0.3 is 19.5 Å². The molecule has 1 N–H and O–H groups in total. The molecule has 0 saturated carbocycles. The first-order valence-electron chi connectivity index (χ1n) is 7.67. The molecule has 0 aliphatic heterocycles. The first kappa shape index (κ1) is 19.0. The number of amides is 1. The Labute approximate surface area is 150 Å². The van der Waals surface area contributed by atoms with Crippen molar-refractivity contribution in [1.82, 2.24) is 0 Å². The number of carbonyl (C=O) groups is 2. The van der Waals surface area contributed by atoms with Gasteiger partial charge in [0, 0.05) is 5.69 Å². The summed E-state index contributed by atoms with van der Waals surface area (Å²) in [7, 11) is 1.44. The van der Waals surface area contributed by atoms with Crippen molar-refractivity contribution in [3.63, 3.8) is 0 Å². The lowest BCUT2D eigenvalue weighted by atomic mass is 10.2. The van der Waals surface area contributed by atoms with Gasteiger partial charge in [0.05, 0.1) is 12.7 Å². The third kappa shape index (κ3) is 5.34. The van der Waals surface area contributed by atoms with Gasteiger partial charge in [-0.25, -0.2) is 9.18 Å². The summed E-state index contributed by atoms with van der Waals surface area (Å²) >= 11 is 0. The zero-order valence-corrected chi connectivity index (χ0v) is 14.2. The van der Waals surface area contributed by atoms with Crippen molar-refractivity contribution in [2.24, 2.45) is 0 Å². The third-order valence-electron chi connectivity index (χ3n) is 3.20. The van der Waals surface area contributed by atoms with Gasteiger partial charge in [0.1, 0.15) is 12.4 Å². The molecule has 0 aliphatic carbocycles. The molecule has 0 radical (unpaired) electrons. The van der Waals surface area contributed by atoms with Gasteiger partial charge in [-0.2, -0.15) is 0 Å². The molecule has 0 heterocycles. The van der Waals surface area contributed by atoms with Crippen LogP contribution in [0, 0.1) is 5.82 Å². The van der Waals surface area contributed by atoms with Gasteiger partial charge in [-0.3, -0.25) is 4.79 Å². The van der Waals surface area contributed by atoms with Crippen LogP contribution in [0.5, 0.6) is 11.5 Å². The first-order chi connectivity index (χ1) is 12.5. The summed E-state index contributed by atoms with van der Waals surface area (Å²) in [5.41, 5.74) is 0.475. The minimum Gasteiger partial charge on any atom is -0.493 e. The molecule has 0 atom stereocenters. The lowest BCUT2D eigenvalue weighted by Gasteiger charge is -2.11. The van der Waals surface area contributed by atoms with Crippen LogP contribution in [-0.4, -0.2) is 32.2 Å². The summed E-state index contributed by atoms with van der Waals surface area (Å²) in [6.45, 7) is 3.34. The van der Waals surface area contributed by atoms with E-state index in [1.54, 1.807) is 12.1 Å². The number of benzene rings is 2. The minimum atomic E-state index is -0.701. The molecule has 0 unspecified atom stereocenters. The fourth-order valence-electron chi connectivity index (χ4n) is 2.04. The molecular formula is C19H18FNO5. The molecule has 7 heteroatoms. The second-order valence-electron chi connectivity index (χ2n) is 5.10. The number of hydrogen-bond donors (Lipinski definition) is 1. The molecule has 2 rings (SSSR count). The maximum atomic E-state index is 13.1. The fourth-order valence-corrected chi connectivity index (χ4v) is 2.04. The van der Waals surface area contributed by atoms with E-state index in [2.05, 4.69) is 11.9 Å². The van der Waals surface area contributed by atoms with E-state index in [1.807, 2.05) is 0 Å². The topological polar surface area (TPSA) is 73.9 Å². The van der Waals surface area contributed by atoms with E-state index in [1.165, 1.54) is 37.4 Å². The van der Waals surface area contributed by atoms with E-state index in [4.69, 9.17) is 14.2 Å². The molecule has 2 aromatic carbocycles. The van der Waals surface area contributed by atoms with Crippen molar-refractivity contribution >= 4 is 17.6 Å². The van der Waals surface area contributed by atoms with Crippen LogP contribution in [0.2, 0.25) is 0 Å². The monoisotopic (exact) mass is 359 g/mol. The third-order valence-corrected chi connectivity index (χ3v) is 3.20. The Bertz CT molecular complexity index is 806. The molecule has 0 aromatic heterocycles. The first-order valence-corrected chi connectivity index (χ1v) is 7.67. The molecule has 136 valence electrons. The van der Waals surface area contributed by atoms with Crippen LogP contribution in [0.25, 0.3) is 0 Å². The minimum absolute atomic E-state index is 0.200. The van der Waals surface area contributed by atoms with Crippen LogP contribution in [0.3, 0.4) is 0 Å². The maximum Gasteiger partial charge on any atom is 0.338 e. The molecule has 2 aromatic rings. The molecule has 0 spiro atoms. The molecule has 0 aliphatic rings. The molecule has 0 fully saturated rings. The van der Waals surface area contributed by atoms with Crippen molar-refractivity contribution in [1.29, 1.82) is 0 Å². The highest BCUT2D eigenvalue weighted by Gasteiger charge is 2.14. The number of nitrogens with one attached hydrogen (secondary N) is 1. The Hall–Kier alpha value is -3.35. The summed E-state index contributed by atoms with van der Waals surface area (Å²) in [5.74, 6) is -0.959. The quantitative estimate of drug-likeness (QED) is 0.579. The standard InChI is InChI=1S/C19H18FNO5/c1-3-9-25-16-8-7-13(10-17(16)24-2)19(23)26-12-18(22)21-15-6-4-5-14(20)11-15/h3-8,10-11H,1,9,12H2,2H3,(H,21,22). The molecule has 26 heavy (non-hydrogen) atoms. The Morgan fingerprint density at radius 2 is 2.00 bits per heavy atom.